The third-order valence-electron chi connectivity index (χ3n) is 3.68. The average Bonchev–Trinajstić information content (AvgIpc) is 3.03. The molecule has 3 rings (SSSR count). The molecule has 20 heavy (non-hydrogen) atoms. The van der Waals surface area contributed by atoms with E-state index in [1.165, 1.54) is 0 Å². The Morgan fingerprint density at radius 1 is 1.35 bits per heavy atom. The van der Waals surface area contributed by atoms with Gasteiger partial charge in [-0.25, -0.2) is 18.2 Å². The van der Waals surface area contributed by atoms with E-state index in [1.807, 2.05) is 0 Å². The van der Waals surface area contributed by atoms with Crippen molar-refractivity contribution >= 4 is 15.8 Å². The molecule has 1 aliphatic heterocycles. The van der Waals surface area contributed by atoms with E-state index in [9.17, 15) is 13.2 Å². The molecule has 0 N–H and O–H groups in total. The van der Waals surface area contributed by atoms with Gasteiger partial charge in [0.1, 0.15) is 0 Å². The van der Waals surface area contributed by atoms with Crippen molar-refractivity contribution in [2.24, 2.45) is 0 Å². The summed E-state index contributed by atoms with van der Waals surface area (Å²) >= 11 is 0. The number of nitrogens with zero attached hydrogens (tertiary/aromatic N) is 1. The number of hydrogen-bond acceptors (Lipinski definition) is 6. The monoisotopic (exact) mass is 299 g/mol. The summed E-state index contributed by atoms with van der Waals surface area (Å²) in [6.45, 7) is 2.01. The SMILES string of the molecule is CCOC(=O)c1oc(C2CCS(=O)(=O)C2)nc1C1CC1. The standard InChI is InChI=1S/C13H17NO5S/c1-2-18-13(15)11-10(8-3-4-8)14-12(19-11)9-5-6-20(16,17)7-9/h8-9H,2-7H2,1H3. The predicted octanol–water partition coefficient (Wildman–Crippen LogP) is 1.63. The maximum absolute atomic E-state index is 11.9. The molecular formula is C13H17NO5S. The lowest BCUT2D eigenvalue weighted by Gasteiger charge is -2.00. The second-order valence-corrected chi connectivity index (χ2v) is 7.59. The maximum atomic E-state index is 11.9. The van der Waals surface area contributed by atoms with Crippen molar-refractivity contribution in [1.29, 1.82) is 0 Å². The van der Waals surface area contributed by atoms with Gasteiger partial charge in [-0.15, -0.1) is 0 Å². The molecule has 0 amide bonds. The molecule has 2 fully saturated rings. The molecule has 110 valence electrons. The zero-order valence-corrected chi connectivity index (χ0v) is 12.1. The van der Waals surface area contributed by atoms with E-state index in [2.05, 4.69) is 4.98 Å². The fourth-order valence-corrected chi connectivity index (χ4v) is 4.22. The van der Waals surface area contributed by atoms with Gasteiger partial charge in [0.25, 0.3) is 0 Å². The zero-order chi connectivity index (χ0) is 14.3. The lowest BCUT2D eigenvalue weighted by atomic mass is 10.1. The molecule has 2 heterocycles. The largest absolute Gasteiger partial charge is 0.460 e. The van der Waals surface area contributed by atoms with Crippen LogP contribution in [-0.4, -0.2) is 37.5 Å². The molecule has 0 aromatic carbocycles. The Morgan fingerprint density at radius 2 is 2.10 bits per heavy atom. The molecule has 6 nitrogen and oxygen atoms in total. The van der Waals surface area contributed by atoms with Gasteiger partial charge in [0.2, 0.25) is 5.76 Å². The molecule has 1 atom stereocenters. The Labute approximate surface area is 117 Å². The number of carbonyl (C=O) groups excluding carboxylic acids is 1. The number of rotatable bonds is 4. The van der Waals surface area contributed by atoms with E-state index in [-0.39, 0.29) is 35.7 Å². The van der Waals surface area contributed by atoms with Gasteiger partial charge in [0.15, 0.2) is 15.7 Å². The first-order valence-electron chi connectivity index (χ1n) is 6.88. The van der Waals surface area contributed by atoms with Crippen LogP contribution in [0.15, 0.2) is 4.42 Å². The Kier molecular flexibility index (Phi) is 3.32. The molecule has 2 aliphatic rings. The number of esters is 1. The molecule has 7 heteroatoms. The quantitative estimate of drug-likeness (QED) is 0.785. The van der Waals surface area contributed by atoms with Gasteiger partial charge in [-0.05, 0) is 26.2 Å². The Hall–Kier alpha value is -1.37. The summed E-state index contributed by atoms with van der Waals surface area (Å²) in [6.07, 6.45) is 2.48. The lowest BCUT2D eigenvalue weighted by molar-refractivity contribution is 0.0485. The van der Waals surface area contributed by atoms with E-state index >= 15 is 0 Å². The van der Waals surface area contributed by atoms with Crippen LogP contribution < -0.4 is 0 Å². The molecule has 1 aromatic rings. The van der Waals surface area contributed by atoms with Crippen LogP contribution in [-0.2, 0) is 14.6 Å². The van der Waals surface area contributed by atoms with Gasteiger partial charge >= 0.3 is 5.97 Å². The van der Waals surface area contributed by atoms with Crippen molar-refractivity contribution in [2.45, 2.75) is 38.0 Å². The number of hydrogen-bond donors (Lipinski definition) is 0. The highest BCUT2D eigenvalue weighted by molar-refractivity contribution is 7.91. The maximum Gasteiger partial charge on any atom is 0.376 e. The third-order valence-corrected chi connectivity index (χ3v) is 5.44. The second-order valence-electron chi connectivity index (χ2n) is 5.36. The number of sulfone groups is 1. The highest BCUT2D eigenvalue weighted by Gasteiger charge is 2.38. The lowest BCUT2D eigenvalue weighted by Crippen LogP contribution is -2.06. The molecule has 1 saturated heterocycles. The summed E-state index contributed by atoms with van der Waals surface area (Å²) in [5, 5.41) is 0. The van der Waals surface area contributed by atoms with Gasteiger partial charge in [0.05, 0.1) is 29.7 Å². The van der Waals surface area contributed by atoms with Crippen LogP contribution >= 0.6 is 0 Å². The predicted molar refractivity (Wildman–Crippen MR) is 70.4 cm³/mol. The molecule has 1 aromatic heterocycles. The van der Waals surface area contributed by atoms with Crippen molar-refractivity contribution in [3.05, 3.63) is 17.3 Å². The topological polar surface area (TPSA) is 86.5 Å². The summed E-state index contributed by atoms with van der Waals surface area (Å²) in [6, 6.07) is 0. The third kappa shape index (κ3) is 2.59. The van der Waals surface area contributed by atoms with Crippen molar-refractivity contribution in [3.63, 3.8) is 0 Å². The van der Waals surface area contributed by atoms with Gasteiger partial charge < -0.3 is 9.15 Å². The van der Waals surface area contributed by atoms with E-state index in [0.29, 0.717) is 18.0 Å². The fourth-order valence-electron chi connectivity index (χ4n) is 2.49. The van der Waals surface area contributed by atoms with Gasteiger partial charge in [-0.3, -0.25) is 0 Å². The molecule has 1 unspecified atom stereocenters. The summed E-state index contributed by atoms with van der Waals surface area (Å²) < 4.78 is 33.6. The number of ether oxygens (including phenoxy) is 1. The smallest absolute Gasteiger partial charge is 0.376 e. The fraction of sp³-hybridized carbons (Fsp3) is 0.692. The highest BCUT2D eigenvalue weighted by atomic mass is 32.2. The minimum atomic E-state index is -3.00. The van der Waals surface area contributed by atoms with E-state index in [0.717, 1.165) is 12.8 Å². The van der Waals surface area contributed by atoms with Crippen LogP contribution in [0.2, 0.25) is 0 Å². The number of carbonyl (C=O) groups is 1. The van der Waals surface area contributed by atoms with Crippen molar-refractivity contribution in [1.82, 2.24) is 4.98 Å². The summed E-state index contributed by atoms with van der Waals surface area (Å²) in [5.41, 5.74) is 0.641. The normalized spacial score (nSPS) is 24.8. The number of aromatic nitrogens is 1. The molecule has 1 aliphatic carbocycles. The molecule has 1 saturated carbocycles. The van der Waals surface area contributed by atoms with Gasteiger partial charge in [-0.2, -0.15) is 0 Å². The van der Waals surface area contributed by atoms with Crippen molar-refractivity contribution < 1.29 is 22.4 Å². The molecular weight excluding hydrogens is 282 g/mol. The van der Waals surface area contributed by atoms with Crippen LogP contribution in [0, 0.1) is 0 Å². The average molecular weight is 299 g/mol. The van der Waals surface area contributed by atoms with E-state index in [1.54, 1.807) is 6.92 Å². The van der Waals surface area contributed by atoms with Crippen LogP contribution in [0.5, 0.6) is 0 Å². The molecule has 0 bridgehead atoms. The molecule has 0 spiro atoms. The first kappa shape index (κ1) is 13.6. The second kappa shape index (κ2) is 4.87. The first-order valence-corrected chi connectivity index (χ1v) is 8.70. The van der Waals surface area contributed by atoms with Crippen LogP contribution in [0.25, 0.3) is 0 Å². The summed E-state index contributed by atoms with van der Waals surface area (Å²) in [7, 11) is -3.00. The summed E-state index contributed by atoms with van der Waals surface area (Å²) in [4.78, 5) is 16.3. The van der Waals surface area contributed by atoms with E-state index in [4.69, 9.17) is 9.15 Å². The Bertz CT molecular complexity index is 629. The minimum Gasteiger partial charge on any atom is -0.460 e. The van der Waals surface area contributed by atoms with Gasteiger partial charge in [0, 0.05) is 5.92 Å². The van der Waals surface area contributed by atoms with Crippen LogP contribution in [0.4, 0.5) is 0 Å². The van der Waals surface area contributed by atoms with Crippen molar-refractivity contribution in [3.8, 4) is 0 Å². The van der Waals surface area contributed by atoms with Gasteiger partial charge in [-0.1, -0.05) is 0 Å². The molecule has 0 radical (unpaired) electrons. The zero-order valence-electron chi connectivity index (χ0n) is 11.3. The Balaban J connectivity index is 1.89. The highest BCUT2D eigenvalue weighted by Crippen LogP contribution is 2.43. The van der Waals surface area contributed by atoms with Crippen LogP contribution in [0.3, 0.4) is 0 Å². The van der Waals surface area contributed by atoms with Crippen molar-refractivity contribution in [2.75, 3.05) is 18.1 Å². The van der Waals surface area contributed by atoms with Crippen LogP contribution in [0.1, 0.15) is 60.2 Å². The minimum absolute atomic E-state index is 0.0554. The first-order chi connectivity index (χ1) is 9.50. The van der Waals surface area contributed by atoms with E-state index < -0.39 is 15.8 Å². The number of oxazole rings is 1. The Morgan fingerprint density at radius 3 is 2.65 bits per heavy atom. The summed E-state index contributed by atoms with van der Waals surface area (Å²) in [5.74, 6) is 0.261.